The molecule has 3 aromatic rings. The second-order valence-corrected chi connectivity index (χ2v) is 5.80. The van der Waals surface area contributed by atoms with Crippen molar-refractivity contribution in [3.05, 3.63) is 66.1 Å². The summed E-state index contributed by atoms with van der Waals surface area (Å²) < 4.78 is 11.1. The molecule has 1 heterocycles. The van der Waals surface area contributed by atoms with Gasteiger partial charge in [0.25, 0.3) is 5.89 Å². The third-order valence-corrected chi connectivity index (χ3v) is 3.69. The molecule has 0 fully saturated rings. The summed E-state index contributed by atoms with van der Waals surface area (Å²) in [6, 6.07) is 16.7. The van der Waals surface area contributed by atoms with Gasteiger partial charge in [0.05, 0.1) is 5.56 Å². The second kappa shape index (κ2) is 7.17. The summed E-state index contributed by atoms with van der Waals surface area (Å²) in [5.74, 6) is 0.222. The molecule has 0 aliphatic heterocycles. The van der Waals surface area contributed by atoms with E-state index < -0.39 is 12.1 Å². The zero-order chi connectivity index (χ0) is 17.8. The maximum absolute atomic E-state index is 12.3. The molecule has 128 valence electrons. The Hall–Kier alpha value is -3.15. The number of ether oxygens (including phenoxy) is 1. The predicted molar refractivity (Wildman–Crippen MR) is 94.3 cm³/mol. The third-order valence-electron chi connectivity index (χ3n) is 3.69. The van der Waals surface area contributed by atoms with Crippen molar-refractivity contribution in [2.24, 2.45) is 0 Å². The topological polar surface area (TPSA) is 68.5 Å². The number of anilines is 1. The van der Waals surface area contributed by atoms with E-state index in [2.05, 4.69) is 10.2 Å². The van der Waals surface area contributed by atoms with Gasteiger partial charge >= 0.3 is 5.97 Å². The van der Waals surface area contributed by atoms with E-state index in [0.717, 1.165) is 11.3 Å². The SMILES string of the molecule is C[C@@H](OC(=O)c1cccc(N(C)C)c1)c1nnc(-c2ccccc2)o1. The fourth-order valence-corrected chi connectivity index (χ4v) is 2.29. The molecule has 0 amide bonds. The number of hydrogen-bond donors (Lipinski definition) is 0. The Labute approximate surface area is 146 Å². The average Bonchev–Trinajstić information content (AvgIpc) is 3.13. The number of hydrogen-bond acceptors (Lipinski definition) is 6. The minimum atomic E-state index is -0.638. The second-order valence-electron chi connectivity index (χ2n) is 5.80. The van der Waals surface area contributed by atoms with E-state index in [1.54, 1.807) is 19.1 Å². The Bertz CT molecular complexity index is 859. The molecule has 0 saturated heterocycles. The summed E-state index contributed by atoms with van der Waals surface area (Å²) in [7, 11) is 3.83. The van der Waals surface area contributed by atoms with Crippen LogP contribution in [-0.2, 0) is 4.74 Å². The number of aromatic nitrogens is 2. The van der Waals surface area contributed by atoms with Gasteiger partial charge in [-0.25, -0.2) is 4.79 Å². The van der Waals surface area contributed by atoms with Gasteiger partial charge in [0.15, 0.2) is 6.10 Å². The van der Waals surface area contributed by atoms with Crippen LogP contribution in [0.15, 0.2) is 59.0 Å². The average molecular weight is 337 g/mol. The first-order chi connectivity index (χ1) is 12.0. The van der Waals surface area contributed by atoms with Crippen LogP contribution in [0.1, 0.15) is 29.3 Å². The van der Waals surface area contributed by atoms with Crippen molar-refractivity contribution in [1.82, 2.24) is 10.2 Å². The molecule has 6 nitrogen and oxygen atoms in total. The van der Waals surface area contributed by atoms with Crippen LogP contribution in [0.5, 0.6) is 0 Å². The van der Waals surface area contributed by atoms with Crippen molar-refractivity contribution in [3.8, 4) is 11.5 Å². The Balaban J connectivity index is 1.72. The van der Waals surface area contributed by atoms with E-state index in [1.165, 1.54) is 0 Å². The monoisotopic (exact) mass is 337 g/mol. The standard InChI is InChI=1S/C19H19N3O3/c1-13(17-20-21-18(25-17)14-8-5-4-6-9-14)24-19(23)15-10-7-11-16(12-15)22(2)3/h4-13H,1-3H3/t13-/m1/s1. The van der Waals surface area contributed by atoms with E-state index in [4.69, 9.17) is 9.15 Å². The Morgan fingerprint density at radius 2 is 1.84 bits per heavy atom. The van der Waals surface area contributed by atoms with E-state index in [0.29, 0.717) is 11.5 Å². The molecule has 0 aliphatic rings. The summed E-state index contributed by atoms with van der Waals surface area (Å²) >= 11 is 0. The van der Waals surface area contributed by atoms with Gasteiger partial charge in [0.2, 0.25) is 5.89 Å². The van der Waals surface area contributed by atoms with E-state index in [-0.39, 0.29) is 5.89 Å². The molecule has 1 aromatic heterocycles. The molecule has 1 atom stereocenters. The summed E-state index contributed by atoms with van der Waals surface area (Å²) in [5.41, 5.74) is 2.21. The summed E-state index contributed by atoms with van der Waals surface area (Å²) in [6.07, 6.45) is -0.638. The molecule has 25 heavy (non-hydrogen) atoms. The maximum atomic E-state index is 12.3. The quantitative estimate of drug-likeness (QED) is 0.661. The first-order valence-corrected chi connectivity index (χ1v) is 7.92. The van der Waals surface area contributed by atoms with Gasteiger partial charge in [-0.15, -0.1) is 10.2 Å². The number of benzene rings is 2. The lowest BCUT2D eigenvalue weighted by Crippen LogP contribution is -2.12. The summed E-state index contributed by atoms with van der Waals surface area (Å²) in [6.45, 7) is 1.70. The van der Waals surface area contributed by atoms with Crippen LogP contribution in [0.3, 0.4) is 0 Å². The lowest BCUT2D eigenvalue weighted by molar-refractivity contribution is 0.0280. The van der Waals surface area contributed by atoms with Gasteiger partial charge in [-0.05, 0) is 37.3 Å². The van der Waals surface area contributed by atoms with Gasteiger partial charge in [-0.2, -0.15) is 0 Å². The maximum Gasteiger partial charge on any atom is 0.338 e. The van der Waals surface area contributed by atoms with Crippen molar-refractivity contribution in [2.45, 2.75) is 13.0 Å². The zero-order valence-corrected chi connectivity index (χ0v) is 14.3. The predicted octanol–water partition coefficient (Wildman–Crippen LogP) is 3.72. The zero-order valence-electron chi connectivity index (χ0n) is 14.3. The molecule has 0 radical (unpaired) electrons. The van der Waals surface area contributed by atoms with Crippen molar-refractivity contribution >= 4 is 11.7 Å². The van der Waals surface area contributed by atoms with Crippen LogP contribution in [0.25, 0.3) is 11.5 Å². The molecular formula is C19H19N3O3. The van der Waals surface area contributed by atoms with Crippen LogP contribution >= 0.6 is 0 Å². The van der Waals surface area contributed by atoms with Gasteiger partial charge < -0.3 is 14.1 Å². The van der Waals surface area contributed by atoms with Gasteiger partial charge in [0, 0.05) is 25.3 Å². The molecule has 6 heteroatoms. The third kappa shape index (κ3) is 3.85. The van der Waals surface area contributed by atoms with Crippen LogP contribution in [0.4, 0.5) is 5.69 Å². The van der Waals surface area contributed by atoms with Crippen LogP contribution in [-0.4, -0.2) is 30.3 Å². The van der Waals surface area contributed by atoms with Gasteiger partial charge in [-0.1, -0.05) is 24.3 Å². The summed E-state index contributed by atoms with van der Waals surface area (Å²) in [5, 5.41) is 7.99. The van der Waals surface area contributed by atoms with Crippen LogP contribution < -0.4 is 4.90 Å². The molecule has 0 spiro atoms. The molecule has 0 saturated carbocycles. The normalized spacial score (nSPS) is 11.8. The number of esters is 1. The first-order valence-electron chi connectivity index (χ1n) is 7.92. The van der Waals surface area contributed by atoms with Crippen molar-refractivity contribution in [3.63, 3.8) is 0 Å². The molecule has 0 N–H and O–H groups in total. The Morgan fingerprint density at radius 1 is 1.08 bits per heavy atom. The Kier molecular flexibility index (Phi) is 4.79. The smallest absolute Gasteiger partial charge is 0.338 e. The van der Waals surface area contributed by atoms with E-state index >= 15 is 0 Å². The Morgan fingerprint density at radius 3 is 2.56 bits per heavy atom. The number of carbonyl (C=O) groups is 1. The molecule has 3 rings (SSSR count). The molecular weight excluding hydrogens is 318 g/mol. The van der Waals surface area contributed by atoms with E-state index in [1.807, 2.05) is 61.5 Å². The number of nitrogens with zero attached hydrogens (tertiary/aromatic N) is 3. The first kappa shape index (κ1) is 16.7. The van der Waals surface area contributed by atoms with Crippen molar-refractivity contribution in [1.29, 1.82) is 0 Å². The van der Waals surface area contributed by atoms with Gasteiger partial charge in [-0.3, -0.25) is 0 Å². The number of rotatable bonds is 5. The highest BCUT2D eigenvalue weighted by Gasteiger charge is 2.20. The highest BCUT2D eigenvalue weighted by molar-refractivity contribution is 5.90. The van der Waals surface area contributed by atoms with Gasteiger partial charge in [0.1, 0.15) is 0 Å². The lowest BCUT2D eigenvalue weighted by Gasteiger charge is -2.14. The largest absolute Gasteiger partial charge is 0.449 e. The molecule has 2 aromatic carbocycles. The fourth-order valence-electron chi connectivity index (χ4n) is 2.29. The van der Waals surface area contributed by atoms with Crippen molar-refractivity contribution < 1.29 is 13.9 Å². The van der Waals surface area contributed by atoms with E-state index in [9.17, 15) is 4.79 Å². The lowest BCUT2D eigenvalue weighted by atomic mass is 10.2. The molecule has 0 aliphatic carbocycles. The fraction of sp³-hybridized carbons (Fsp3) is 0.211. The number of carbonyl (C=O) groups excluding carboxylic acids is 1. The minimum Gasteiger partial charge on any atom is -0.449 e. The summed E-state index contributed by atoms with van der Waals surface area (Å²) in [4.78, 5) is 14.3. The van der Waals surface area contributed by atoms with Crippen LogP contribution in [0.2, 0.25) is 0 Å². The highest BCUT2D eigenvalue weighted by atomic mass is 16.6. The van der Waals surface area contributed by atoms with Crippen LogP contribution in [0, 0.1) is 0 Å². The molecule has 0 unspecified atom stereocenters. The molecule has 0 bridgehead atoms. The highest BCUT2D eigenvalue weighted by Crippen LogP contribution is 2.23. The van der Waals surface area contributed by atoms with Crippen molar-refractivity contribution in [2.75, 3.05) is 19.0 Å². The minimum absolute atomic E-state index is 0.260.